The SMILES string of the molecule is COc1ccc(O)c(-c2occc2Br)c1. The maximum Gasteiger partial charge on any atom is 0.151 e. The molecule has 4 heteroatoms. The van der Waals surface area contributed by atoms with Gasteiger partial charge in [-0.2, -0.15) is 0 Å². The molecule has 0 fully saturated rings. The zero-order chi connectivity index (χ0) is 10.8. The fourth-order valence-corrected chi connectivity index (χ4v) is 1.72. The summed E-state index contributed by atoms with van der Waals surface area (Å²) < 4.78 is 11.1. The van der Waals surface area contributed by atoms with Crippen LogP contribution in [0.1, 0.15) is 0 Å². The largest absolute Gasteiger partial charge is 0.507 e. The Balaban J connectivity index is 2.56. The van der Waals surface area contributed by atoms with E-state index in [-0.39, 0.29) is 5.75 Å². The Morgan fingerprint density at radius 2 is 2.13 bits per heavy atom. The molecule has 0 bridgehead atoms. The molecule has 1 heterocycles. The van der Waals surface area contributed by atoms with Crippen molar-refractivity contribution in [2.75, 3.05) is 7.11 Å². The minimum absolute atomic E-state index is 0.159. The monoisotopic (exact) mass is 268 g/mol. The van der Waals surface area contributed by atoms with Gasteiger partial charge in [-0.15, -0.1) is 0 Å². The van der Waals surface area contributed by atoms with Crippen LogP contribution in [0, 0.1) is 0 Å². The highest BCUT2D eigenvalue weighted by atomic mass is 79.9. The lowest BCUT2D eigenvalue weighted by Gasteiger charge is -2.05. The maximum atomic E-state index is 9.69. The van der Waals surface area contributed by atoms with Gasteiger partial charge < -0.3 is 14.3 Å². The lowest BCUT2D eigenvalue weighted by atomic mass is 10.1. The average Bonchev–Trinajstić information content (AvgIpc) is 2.65. The quantitative estimate of drug-likeness (QED) is 0.908. The zero-order valence-electron chi connectivity index (χ0n) is 8.03. The molecule has 0 spiro atoms. The summed E-state index contributed by atoms with van der Waals surface area (Å²) in [5.74, 6) is 1.42. The normalized spacial score (nSPS) is 10.3. The number of furan rings is 1. The van der Waals surface area contributed by atoms with Crippen LogP contribution in [0.25, 0.3) is 11.3 Å². The zero-order valence-corrected chi connectivity index (χ0v) is 9.61. The van der Waals surface area contributed by atoms with Crippen LogP contribution < -0.4 is 4.74 Å². The fraction of sp³-hybridized carbons (Fsp3) is 0.0909. The van der Waals surface area contributed by atoms with Crippen LogP contribution >= 0.6 is 15.9 Å². The second-order valence-electron chi connectivity index (χ2n) is 2.98. The van der Waals surface area contributed by atoms with E-state index in [9.17, 15) is 5.11 Å². The summed E-state index contributed by atoms with van der Waals surface area (Å²) in [5, 5.41) is 9.69. The predicted molar refractivity (Wildman–Crippen MR) is 60.1 cm³/mol. The van der Waals surface area contributed by atoms with Gasteiger partial charge in [-0.05, 0) is 40.2 Å². The van der Waals surface area contributed by atoms with Gasteiger partial charge in [0, 0.05) is 0 Å². The number of halogens is 1. The second-order valence-corrected chi connectivity index (χ2v) is 3.84. The first-order chi connectivity index (χ1) is 7.22. The van der Waals surface area contributed by atoms with Crippen molar-refractivity contribution in [2.24, 2.45) is 0 Å². The van der Waals surface area contributed by atoms with Crippen LogP contribution in [0.3, 0.4) is 0 Å². The van der Waals surface area contributed by atoms with Gasteiger partial charge in [-0.1, -0.05) is 0 Å². The van der Waals surface area contributed by atoms with Gasteiger partial charge in [-0.3, -0.25) is 0 Å². The number of hydrogen-bond donors (Lipinski definition) is 1. The predicted octanol–water partition coefficient (Wildman–Crippen LogP) is 3.42. The van der Waals surface area contributed by atoms with Crippen molar-refractivity contribution in [2.45, 2.75) is 0 Å². The molecule has 0 atom stereocenters. The molecular weight excluding hydrogens is 260 g/mol. The van der Waals surface area contributed by atoms with E-state index in [4.69, 9.17) is 9.15 Å². The Morgan fingerprint density at radius 1 is 1.33 bits per heavy atom. The lowest BCUT2D eigenvalue weighted by Crippen LogP contribution is -1.84. The van der Waals surface area contributed by atoms with Crippen molar-refractivity contribution in [1.29, 1.82) is 0 Å². The van der Waals surface area contributed by atoms with E-state index in [2.05, 4.69) is 15.9 Å². The highest BCUT2D eigenvalue weighted by Gasteiger charge is 2.12. The summed E-state index contributed by atoms with van der Waals surface area (Å²) in [5.41, 5.74) is 0.603. The van der Waals surface area contributed by atoms with Crippen LogP contribution in [0.4, 0.5) is 0 Å². The summed E-state index contributed by atoms with van der Waals surface area (Å²) in [7, 11) is 1.58. The van der Waals surface area contributed by atoms with E-state index >= 15 is 0 Å². The molecule has 0 saturated heterocycles. The van der Waals surface area contributed by atoms with Crippen molar-refractivity contribution in [3.8, 4) is 22.8 Å². The standard InChI is InChI=1S/C11H9BrO3/c1-14-7-2-3-10(13)8(6-7)11-9(12)4-5-15-11/h2-6,13H,1H3. The Bertz CT molecular complexity index is 476. The van der Waals surface area contributed by atoms with Crippen LogP contribution in [-0.2, 0) is 0 Å². The van der Waals surface area contributed by atoms with Crippen molar-refractivity contribution in [3.63, 3.8) is 0 Å². The number of phenolic OH excluding ortho intramolecular Hbond substituents is 1. The van der Waals surface area contributed by atoms with E-state index < -0.39 is 0 Å². The van der Waals surface area contributed by atoms with Crippen molar-refractivity contribution in [3.05, 3.63) is 35.0 Å². The first kappa shape index (κ1) is 10.1. The molecule has 1 aromatic carbocycles. The molecule has 1 aromatic heterocycles. The molecule has 0 radical (unpaired) electrons. The summed E-state index contributed by atoms with van der Waals surface area (Å²) >= 11 is 3.34. The van der Waals surface area contributed by atoms with E-state index in [1.807, 2.05) is 0 Å². The van der Waals surface area contributed by atoms with Crippen molar-refractivity contribution >= 4 is 15.9 Å². The van der Waals surface area contributed by atoms with Crippen molar-refractivity contribution in [1.82, 2.24) is 0 Å². The molecule has 0 aliphatic rings. The van der Waals surface area contributed by atoms with Gasteiger partial charge in [0.1, 0.15) is 11.5 Å². The summed E-state index contributed by atoms with van der Waals surface area (Å²) in [6, 6.07) is 6.76. The number of hydrogen-bond acceptors (Lipinski definition) is 3. The lowest BCUT2D eigenvalue weighted by molar-refractivity contribution is 0.412. The number of benzene rings is 1. The second kappa shape index (κ2) is 3.98. The van der Waals surface area contributed by atoms with E-state index in [1.165, 1.54) is 0 Å². The van der Waals surface area contributed by atoms with Gasteiger partial charge in [0.05, 0.1) is 23.4 Å². The van der Waals surface area contributed by atoms with Crippen LogP contribution in [0.5, 0.6) is 11.5 Å². The minimum atomic E-state index is 0.159. The average molecular weight is 269 g/mol. The molecule has 15 heavy (non-hydrogen) atoms. The molecule has 2 rings (SSSR count). The molecule has 1 N–H and O–H groups in total. The molecule has 0 unspecified atom stereocenters. The third kappa shape index (κ3) is 1.85. The van der Waals surface area contributed by atoms with E-state index in [0.29, 0.717) is 17.1 Å². The third-order valence-corrected chi connectivity index (χ3v) is 2.69. The molecule has 0 saturated carbocycles. The minimum Gasteiger partial charge on any atom is -0.507 e. The van der Waals surface area contributed by atoms with Gasteiger partial charge in [0.2, 0.25) is 0 Å². The molecule has 3 nitrogen and oxygen atoms in total. The topological polar surface area (TPSA) is 42.6 Å². The number of phenols is 1. The van der Waals surface area contributed by atoms with Crippen molar-refractivity contribution < 1.29 is 14.3 Å². The van der Waals surface area contributed by atoms with Crippen LogP contribution in [0.15, 0.2) is 39.4 Å². The molecule has 0 aliphatic heterocycles. The number of rotatable bonds is 2. The van der Waals surface area contributed by atoms with Crippen LogP contribution in [0.2, 0.25) is 0 Å². The first-order valence-corrected chi connectivity index (χ1v) is 5.12. The Morgan fingerprint density at radius 3 is 2.73 bits per heavy atom. The molecule has 0 aliphatic carbocycles. The Hall–Kier alpha value is -1.42. The molecule has 0 amide bonds. The third-order valence-electron chi connectivity index (χ3n) is 2.07. The van der Waals surface area contributed by atoms with Gasteiger partial charge in [0.15, 0.2) is 5.76 Å². The molecule has 2 aromatic rings. The van der Waals surface area contributed by atoms with Gasteiger partial charge in [0.25, 0.3) is 0 Å². The summed E-state index contributed by atoms with van der Waals surface area (Å²) in [4.78, 5) is 0. The smallest absolute Gasteiger partial charge is 0.151 e. The Kier molecular flexibility index (Phi) is 2.68. The van der Waals surface area contributed by atoms with Gasteiger partial charge in [-0.25, -0.2) is 0 Å². The maximum absolute atomic E-state index is 9.69. The summed E-state index contributed by atoms with van der Waals surface area (Å²) in [6.45, 7) is 0. The summed E-state index contributed by atoms with van der Waals surface area (Å²) in [6.07, 6.45) is 1.55. The first-order valence-electron chi connectivity index (χ1n) is 4.32. The molecular formula is C11H9BrO3. The van der Waals surface area contributed by atoms with E-state index in [0.717, 1.165) is 4.47 Å². The Labute approximate surface area is 95.4 Å². The van der Waals surface area contributed by atoms with E-state index in [1.54, 1.807) is 37.6 Å². The fourth-order valence-electron chi connectivity index (χ4n) is 1.31. The van der Waals surface area contributed by atoms with Crippen LogP contribution in [-0.4, -0.2) is 12.2 Å². The highest BCUT2D eigenvalue weighted by Crippen LogP contribution is 2.37. The number of ether oxygens (including phenoxy) is 1. The van der Waals surface area contributed by atoms with Gasteiger partial charge >= 0.3 is 0 Å². The number of aromatic hydroxyl groups is 1. The molecule has 78 valence electrons. The number of methoxy groups -OCH3 is 1. The highest BCUT2D eigenvalue weighted by molar-refractivity contribution is 9.10.